The van der Waals surface area contributed by atoms with Crippen LogP contribution in [0, 0.1) is 0 Å². The molecule has 0 aromatic carbocycles. The minimum Gasteiger partial charge on any atom is -0.604 e. The predicted octanol–water partition coefficient (Wildman–Crippen LogP) is -4.87. The van der Waals surface area contributed by atoms with Crippen LogP contribution in [0.25, 0.3) is 0 Å². The Hall–Kier alpha value is 0.494. The summed E-state index contributed by atoms with van der Waals surface area (Å²) in [6.07, 6.45) is 0. The van der Waals surface area contributed by atoms with Crippen LogP contribution in [0.1, 0.15) is 0 Å². The molecule has 0 atom stereocenters. The van der Waals surface area contributed by atoms with Crippen molar-refractivity contribution < 1.29 is 28.1 Å². The molecule has 0 saturated heterocycles. The van der Waals surface area contributed by atoms with Crippen molar-refractivity contribution in [3.8, 4) is 0 Å². The van der Waals surface area contributed by atoms with Crippen LogP contribution in [-0.2, 0) is 8.92 Å². The van der Waals surface area contributed by atoms with Crippen molar-refractivity contribution in [1.29, 1.82) is 0 Å². The monoisotopic (exact) mass is 194 g/mol. The summed E-state index contributed by atoms with van der Waals surface area (Å²) >= 11 is 0. The van der Waals surface area contributed by atoms with E-state index < -0.39 is 18.3 Å². The van der Waals surface area contributed by atoms with Crippen LogP contribution >= 0.6 is 0 Å². The van der Waals surface area contributed by atoms with Gasteiger partial charge in [-0.2, -0.15) is 0 Å². The maximum Gasteiger partial charge on any atom is 2.00 e. The maximum atomic E-state index is 8.63. The van der Waals surface area contributed by atoms with Gasteiger partial charge in [0.1, 0.15) is 0 Å². The van der Waals surface area contributed by atoms with Gasteiger partial charge in [0.15, 0.2) is 0 Å². The fraction of sp³-hybridized carbons (Fsp3) is 0. The summed E-state index contributed by atoms with van der Waals surface area (Å²) in [5.74, 6) is 0. The third kappa shape index (κ3) is 1470. The Bertz CT molecular complexity index is 69.1. The van der Waals surface area contributed by atoms with E-state index in [4.69, 9.17) is 28.1 Å². The van der Waals surface area contributed by atoms with Gasteiger partial charge >= 0.3 is 56.1 Å². The first-order valence-electron chi connectivity index (χ1n) is 1.26. The summed E-state index contributed by atoms with van der Waals surface area (Å²) in [5.41, 5.74) is 0. The van der Waals surface area contributed by atoms with Crippen LogP contribution in [0.3, 0.4) is 0 Å². The Morgan fingerprint density at radius 3 is 1.00 bits per heavy atom. The van der Waals surface area contributed by atoms with Crippen molar-refractivity contribution in [2.45, 2.75) is 0 Å². The zero-order valence-corrected chi connectivity index (χ0v) is 8.44. The van der Waals surface area contributed by atoms with Gasteiger partial charge in [0.2, 0.25) is 0 Å². The van der Waals surface area contributed by atoms with Gasteiger partial charge in [-0.25, -0.2) is 0 Å². The largest absolute Gasteiger partial charge is 2.00 e. The summed E-state index contributed by atoms with van der Waals surface area (Å²) in [6, 6.07) is 0. The molecule has 0 bridgehead atoms. The second-order valence-electron chi connectivity index (χ2n) is 0.532. The molecule has 0 aliphatic heterocycles. The van der Waals surface area contributed by atoms with E-state index in [-0.39, 0.29) is 37.7 Å². The van der Waals surface area contributed by atoms with E-state index in [2.05, 4.69) is 0 Å². The average Bonchev–Trinajstić information content (AvgIpc) is 1.25. The van der Waals surface area contributed by atoms with Crippen molar-refractivity contribution >= 4 is 56.1 Å². The van der Waals surface area contributed by atoms with Crippen molar-refractivity contribution in [3.05, 3.63) is 0 Å². The summed E-state index contributed by atoms with van der Waals surface area (Å²) in [5, 5.41) is 0. The Morgan fingerprint density at radius 1 is 1.00 bits per heavy atom. The van der Waals surface area contributed by atoms with E-state index >= 15 is 0 Å². The van der Waals surface area contributed by atoms with Gasteiger partial charge in [-0.3, -0.25) is 0 Å². The van der Waals surface area contributed by atoms with Crippen LogP contribution in [0.15, 0.2) is 0 Å². The fourth-order valence-electron chi connectivity index (χ4n) is 0. The molecule has 2 N–H and O–H groups in total. The van der Waals surface area contributed by atoms with Crippen LogP contribution in [0.5, 0.6) is 0 Å². The van der Waals surface area contributed by atoms with E-state index in [0.29, 0.717) is 0 Å². The van der Waals surface area contributed by atoms with E-state index in [0.717, 1.165) is 0 Å². The molecule has 0 unspecified atom stereocenters. The third-order valence-corrected chi connectivity index (χ3v) is 0. The SMILES string of the molecule is O=[Si]([O-])O.O=[Si]([O-])O.[Ca+2]. The number of hydrogen-bond acceptors (Lipinski definition) is 4. The van der Waals surface area contributed by atoms with Gasteiger partial charge in [0.25, 0.3) is 0 Å². The molecule has 0 spiro atoms. The quantitative estimate of drug-likeness (QED) is 0.373. The van der Waals surface area contributed by atoms with Gasteiger partial charge < -0.3 is 28.1 Å². The van der Waals surface area contributed by atoms with Gasteiger partial charge in [0.05, 0.1) is 0 Å². The third-order valence-electron chi connectivity index (χ3n) is 0. The molecule has 9 heteroatoms. The molecule has 0 rings (SSSR count). The predicted molar refractivity (Wildman–Crippen MR) is 23.1 cm³/mol. The molecule has 0 amide bonds. The van der Waals surface area contributed by atoms with Crippen LogP contribution in [0.2, 0.25) is 0 Å². The van der Waals surface area contributed by atoms with Gasteiger partial charge in [0, 0.05) is 0 Å². The van der Waals surface area contributed by atoms with Gasteiger partial charge in [-0.05, 0) is 0 Å². The minimum atomic E-state index is -3.38. The molecule has 0 aliphatic carbocycles. The molecule has 0 radical (unpaired) electrons. The number of hydrogen-bond donors (Lipinski definition) is 2. The normalized spacial score (nSPS) is 5.33. The van der Waals surface area contributed by atoms with Crippen LogP contribution in [-0.4, -0.2) is 65.7 Å². The molecule has 0 aliphatic rings. The maximum absolute atomic E-state index is 8.63. The first kappa shape index (κ1) is 16.2. The second-order valence-corrected chi connectivity index (χ2v) is 1.60. The van der Waals surface area contributed by atoms with Crippen LogP contribution < -0.4 is 9.59 Å². The van der Waals surface area contributed by atoms with Crippen molar-refractivity contribution in [2.24, 2.45) is 0 Å². The van der Waals surface area contributed by atoms with E-state index in [9.17, 15) is 0 Å². The molecule has 0 saturated carbocycles. The summed E-state index contributed by atoms with van der Waals surface area (Å²) in [7, 11) is -6.76. The fourth-order valence-corrected chi connectivity index (χ4v) is 0. The molecule has 48 valence electrons. The second kappa shape index (κ2) is 11.3. The van der Waals surface area contributed by atoms with Crippen molar-refractivity contribution in [1.82, 2.24) is 0 Å². The Morgan fingerprint density at radius 2 is 1.00 bits per heavy atom. The molecule has 0 heterocycles. The molecular formula is H2CaO6Si2. The Balaban J connectivity index is -0.0000000720. The first-order chi connectivity index (χ1) is 3.46. The summed E-state index contributed by atoms with van der Waals surface area (Å²) in [6.45, 7) is 0. The van der Waals surface area contributed by atoms with E-state index in [1.54, 1.807) is 0 Å². The number of rotatable bonds is 0. The smallest absolute Gasteiger partial charge is 0.604 e. The zero-order valence-electron chi connectivity index (χ0n) is 4.23. The molecule has 0 fully saturated rings. The molecule has 9 heavy (non-hydrogen) atoms. The molecule has 0 aromatic heterocycles. The Kier molecular flexibility index (Phi) is 20.4. The molecular weight excluding hydrogens is 192 g/mol. The Labute approximate surface area is 83.6 Å². The van der Waals surface area contributed by atoms with Crippen molar-refractivity contribution in [2.75, 3.05) is 0 Å². The first-order valence-corrected chi connectivity index (χ1v) is 3.79. The standard InChI is InChI=1S/Ca.2HO3Si/c;2*1-4(2)3/h;2*1H/q+2;2*-1. The minimum absolute atomic E-state index is 0. The summed E-state index contributed by atoms with van der Waals surface area (Å²) in [4.78, 5) is 31.4. The van der Waals surface area contributed by atoms with Crippen LogP contribution in [0.4, 0.5) is 0 Å². The zero-order chi connectivity index (χ0) is 7.15. The molecule has 0 aromatic rings. The summed E-state index contributed by atoms with van der Waals surface area (Å²) < 4.78 is 17.3. The topological polar surface area (TPSA) is 121 Å². The van der Waals surface area contributed by atoms with Crippen molar-refractivity contribution in [3.63, 3.8) is 0 Å². The van der Waals surface area contributed by atoms with Gasteiger partial charge in [-0.15, -0.1) is 0 Å². The van der Waals surface area contributed by atoms with E-state index in [1.807, 2.05) is 0 Å². The van der Waals surface area contributed by atoms with Gasteiger partial charge in [-0.1, -0.05) is 0 Å². The molecule has 6 nitrogen and oxygen atoms in total. The van der Waals surface area contributed by atoms with E-state index in [1.165, 1.54) is 0 Å². The average molecular weight is 194 g/mol.